The van der Waals surface area contributed by atoms with Crippen molar-refractivity contribution in [1.29, 1.82) is 0 Å². The van der Waals surface area contributed by atoms with Crippen molar-refractivity contribution < 1.29 is 5.11 Å². The zero-order valence-corrected chi connectivity index (χ0v) is 10.7. The van der Waals surface area contributed by atoms with Crippen LogP contribution in [0.15, 0.2) is 48.7 Å². The molecule has 2 rings (SSSR count). The summed E-state index contributed by atoms with van der Waals surface area (Å²) in [5, 5.41) is 10.2. The largest absolute Gasteiger partial charge is 0.388 e. The highest BCUT2D eigenvalue weighted by Gasteiger charge is 2.08. The van der Waals surface area contributed by atoms with Crippen molar-refractivity contribution in [3.05, 3.63) is 65.5 Å². The van der Waals surface area contributed by atoms with Crippen LogP contribution in [-0.4, -0.2) is 10.1 Å². The molecule has 94 valence electrons. The molecule has 1 N–H and O–H groups in total. The maximum absolute atomic E-state index is 10.2. The molecule has 0 fully saturated rings. The van der Waals surface area contributed by atoms with Gasteiger partial charge in [-0.25, -0.2) is 0 Å². The number of pyridine rings is 1. The third-order valence-corrected chi connectivity index (χ3v) is 3.14. The lowest BCUT2D eigenvalue weighted by Gasteiger charge is -2.11. The van der Waals surface area contributed by atoms with Gasteiger partial charge in [0.1, 0.15) is 0 Å². The molecular weight excluding hydrogens is 222 g/mol. The van der Waals surface area contributed by atoms with Gasteiger partial charge < -0.3 is 5.11 Å². The molecule has 0 aliphatic carbocycles. The summed E-state index contributed by atoms with van der Waals surface area (Å²) in [7, 11) is 0. The molecule has 2 nitrogen and oxygen atoms in total. The van der Waals surface area contributed by atoms with Gasteiger partial charge in [-0.3, -0.25) is 4.98 Å². The van der Waals surface area contributed by atoms with Crippen LogP contribution in [0, 0.1) is 0 Å². The predicted octanol–water partition coefficient (Wildman–Crippen LogP) is 3.31. The van der Waals surface area contributed by atoms with Crippen LogP contribution in [0.25, 0.3) is 0 Å². The first-order valence-corrected chi connectivity index (χ1v) is 6.46. The highest BCUT2D eigenvalue weighted by Crippen LogP contribution is 2.19. The normalized spacial score (nSPS) is 12.3. The predicted molar refractivity (Wildman–Crippen MR) is 73.3 cm³/mol. The summed E-state index contributed by atoms with van der Waals surface area (Å²) >= 11 is 0. The van der Waals surface area contributed by atoms with Crippen molar-refractivity contribution in [3.8, 4) is 0 Å². The third kappa shape index (κ3) is 3.41. The van der Waals surface area contributed by atoms with Gasteiger partial charge in [-0.2, -0.15) is 0 Å². The van der Waals surface area contributed by atoms with Gasteiger partial charge in [0.25, 0.3) is 0 Å². The molecular formula is C16H19NO. The number of hydrogen-bond acceptors (Lipinski definition) is 2. The average molecular weight is 241 g/mol. The lowest BCUT2D eigenvalue weighted by Crippen LogP contribution is -2.01. The molecule has 2 heteroatoms. The van der Waals surface area contributed by atoms with E-state index in [4.69, 9.17) is 0 Å². The minimum absolute atomic E-state index is 0.404. The van der Waals surface area contributed by atoms with E-state index in [0.29, 0.717) is 6.42 Å². The van der Waals surface area contributed by atoms with E-state index >= 15 is 0 Å². The number of nitrogens with zero attached hydrogens (tertiary/aromatic N) is 1. The van der Waals surface area contributed by atoms with E-state index in [1.165, 1.54) is 5.56 Å². The topological polar surface area (TPSA) is 33.1 Å². The van der Waals surface area contributed by atoms with Crippen LogP contribution in [-0.2, 0) is 12.8 Å². The first-order valence-electron chi connectivity index (χ1n) is 6.46. The second kappa shape index (κ2) is 6.31. The Labute approximate surface area is 108 Å². The molecule has 0 spiro atoms. The van der Waals surface area contributed by atoms with Crippen molar-refractivity contribution in [1.82, 2.24) is 4.98 Å². The summed E-state index contributed by atoms with van der Waals surface area (Å²) in [4.78, 5) is 4.27. The molecule has 0 amide bonds. The fraction of sp³-hybridized carbons (Fsp3) is 0.312. The maximum Gasteiger partial charge on any atom is 0.0793 e. The Balaban J connectivity index is 1.97. The molecule has 1 atom stereocenters. The summed E-state index contributed by atoms with van der Waals surface area (Å²) in [6, 6.07) is 14.1. The smallest absolute Gasteiger partial charge is 0.0793 e. The summed E-state index contributed by atoms with van der Waals surface area (Å²) in [6.07, 6.45) is 3.90. The summed E-state index contributed by atoms with van der Waals surface area (Å²) in [5.74, 6) is 0. The number of aromatic nitrogens is 1. The average Bonchev–Trinajstić information content (AvgIpc) is 2.46. The monoisotopic (exact) mass is 241 g/mol. The second-order valence-corrected chi connectivity index (χ2v) is 4.47. The molecule has 18 heavy (non-hydrogen) atoms. The van der Waals surface area contributed by atoms with Gasteiger partial charge in [0, 0.05) is 11.9 Å². The van der Waals surface area contributed by atoms with Gasteiger partial charge in [-0.1, -0.05) is 37.3 Å². The molecule has 0 saturated heterocycles. The van der Waals surface area contributed by atoms with Gasteiger partial charge in [-0.15, -0.1) is 0 Å². The number of rotatable bonds is 5. The second-order valence-electron chi connectivity index (χ2n) is 4.47. The fourth-order valence-electron chi connectivity index (χ4n) is 2.02. The minimum atomic E-state index is -0.404. The Kier molecular flexibility index (Phi) is 4.48. The lowest BCUT2D eigenvalue weighted by molar-refractivity contribution is 0.167. The van der Waals surface area contributed by atoms with Crippen LogP contribution in [0.2, 0.25) is 0 Å². The summed E-state index contributed by atoms with van der Waals surface area (Å²) < 4.78 is 0. The summed E-state index contributed by atoms with van der Waals surface area (Å²) in [6.45, 7) is 2.12. The molecule has 0 aliphatic rings. The zero-order chi connectivity index (χ0) is 12.8. The Morgan fingerprint density at radius 2 is 2.06 bits per heavy atom. The van der Waals surface area contributed by atoms with Crippen LogP contribution in [0.1, 0.15) is 36.3 Å². The molecule has 0 bridgehead atoms. The number of aryl methyl sites for hydroxylation is 2. The Bertz CT molecular complexity index is 481. The van der Waals surface area contributed by atoms with Crippen molar-refractivity contribution in [2.24, 2.45) is 0 Å². The Morgan fingerprint density at radius 1 is 1.17 bits per heavy atom. The highest BCUT2D eigenvalue weighted by molar-refractivity contribution is 5.25. The van der Waals surface area contributed by atoms with Crippen molar-refractivity contribution in [3.63, 3.8) is 0 Å². The molecule has 2 aromatic rings. The number of hydrogen-bond donors (Lipinski definition) is 1. The first-order chi connectivity index (χ1) is 8.79. The first kappa shape index (κ1) is 12.8. The van der Waals surface area contributed by atoms with Gasteiger partial charge >= 0.3 is 0 Å². The van der Waals surface area contributed by atoms with Crippen LogP contribution >= 0.6 is 0 Å². The van der Waals surface area contributed by atoms with E-state index in [2.05, 4.69) is 24.0 Å². The van der Waals surface area contributed by atoms with E-state index in [9.17, 15) is 5.11 Å². The van der Waals surface area contributed by atoms with Crippen LogP contribution in [0.3, 0.4) is 0 Å². The quantitative estimate of drug-likeness (QED) is 0.871. The van der Waals surface area contributed by atoms with Crippen LogP contribution in [0.4, 0.5) is 0 Å². The van der Waals surface area contributed by atoms with Crippen LogP contribution < -0.4 is 0 Å². The lowest BCUT2D eigenvalue weighted by atomic mass is 10.0. The van der Waals surface area contributed by atoms with E-state index in [0.717, 1.165) is 24.1 Å². The minimum Gasteiger partial charge on any atom is -0.388 e. The van der Waals surface area contributed by atoms with Crippen molar-refractivity contribution >= 4 is 0 Å². The molecule has 1 unspecified atom stereocenters. The Morgan fingerprint density at radius 3 is 2.78 bits per heavy atom. The molecule has 0 saturated carbocycles. The van der Waals surface area contributed by atoms with E-state index < -0.39 is 6.10 Å². The van der Waals surface area contributed by atoms with Gasteiger partial charge in [0.05, 0.1) is 6.10 Å². The third-order valence-electron chi connectivity index (χ3n) is 3.14. The number of benzene rings is 1. The van der Waals surface area contributed by atoms with Crippen LogP contribution in [0.5, 0.6) is 0 Å². The molecule has 1 aromatic carbocycles. The van der Waals surface area contributed by atoms with Gasteiger partial charge in [0.2, 0.25) is 0 Å². The maximum atomic E-state index is 10.2. The highest BCUT2D eigenvalue weighted by atomic mass is 16.3. The SMILES string of the molecule is CCc1cccc(C(O)CCc2ccccn2)c1. The molecule has 1 heterocycles. The summed E-state index contributed by atoms with van der Waals surface area (Å²) in [5.41, 5.74) is 3.30. The fourth-order valence-corrected chi connectivity index (χ4v) is 2.02. The van der Waals surface area contributed by atoms with Crippen molar-refractivity contribution in [2.45, 2.75) is 32.3 Å². The van der Waals surface area contributed by atoms with E-state index in [1.54, 1.807) is 6.20 Å². The van der Waals surface area contributed by atoms with Gasteiger partial charge in [-0.05, 0) is 42.5 Å². The molecule has 0 aliphatic heterocycles. The van der Waals surface area contributed by atoms with E-state index in [1.807, 2.05) is 30.3 Å². The van der Waals surface area contributed by atoms with E-state index in [-0.39, 0.29) is 0 Å². The number of aliphatic hydroxyl groups is 1. The zero-order valence-electron chi connectivity index (χ0n) is 10.7. The van der Waals surface area contributed by atoms with Crippen molar-refractivity contribution in [2.75, 3.05) is 0 Å². The van der Waals surface area contributed by atoms with Gasteiger partial charge in [0.15, 0.2) is 0 Å². The Hall–Kier alpha value is -1.67. The molecule has 0 radical (unpaired) electrons. The number of aliphatic hydroxyl groups excluding tert-OH is 1. The standard InChI is InChI=1S/C16H19NO/c1-2-13-6-5-7-14(12-13)16(18)10-9-15-8-3-4-11-17-15/h3-8,11-12,16,18H,2,9-10H2,1H3. The molecule has 1 aromatic heterocycles.